The van der Waals surface area contributed by atoms with Gasteiger partial charge < -0.3 is 10.1 Å². The van der Waals surface area contributed by atoms with Crippen LogP contribution in [0.3, 0.4) is 0 Å². The van der Waals surface area contributed by atoms with Gasteiger partial charge in [0.2, 0.25) is 0 Å². The summed E-state index contributed by atoms with van der Waals surface area (Å²) in [6.45, 7) is 3.49. The zero-order valence-corrected chi connectivity index (χ0v) is 18.0. The van der Waals surface area contributed by atoms with E-state index in [9.17, 15) is 9.18 Å². The van der Waals surface area contributed by atoms with Crippen LogP contribution in [0.5, 0.6) is 0 Å². The molecule has 8 heteroatoms. The Hall–Kier alpha value is -2.81. The molecule has 0 spiro atoms. The van der Waals surface area contributed by atoms with Gasteiger partial charge in [0, 0.05) is 44.9 Å². The van der Waals surface area contributed by atoms with Gasteiger partial charge in [-0.25, -0.2) is 19.7 Å². The topological polar surface area (TPSA) is 75.7 Å². The molecule has 170 valence electrons. The first-order valence-electron chi connectivity index (χ1n) is 11.1. The standard InChI is InChI=1S/C24H29FN4O3/c25-21(24(30)28-32-23-8-4-5-13-31-23)14-19-9-10-22(26-15-19)27-20-11-12-29(17-20)16-18-6-2-1-3-7-18/h1-3,6-7,9-10,14-15,20,23H,4-5,8,11-13,16-17H2,(H,26,27)(H,28,30)/b21-14-/t20-,23?/m1/s1. The van der Waals surface area contributed by atoms with Gasteiger partial charge in [0.25, 0.3) is 0 Å². The number of carbonyl (C=O) groups is 1. The fraction of sp³-hybridized carbons (Fsp3) is 0.417. The minimum atomic E-state index is -0.948. The number of rotatable bonds is 8. The predicted octanol–water partition coefficient (Wildman–Crippen LogP) is 3.65. The SMILES string of the molecule is O=C(NOC1CCCCO1)/C(F)=C/c1ccc(N[C@@H]2CCN(Cc3ccccc3)C2)nc1. The Labute approximate surface area is 187 Å². The summed E-state index contributed by atoms with van der Waals surface area (Å²) in [6.07, 6.45) is 5.78. The van der Waals surface area contributed by atoms with Gasteiger partial charge in [-0.2, -0.15) is 0 Å². The second-order valence-corrected chi connectivity index (χ2v) is 8.16. The van der Waals surface area contributed by atoms with Gasteiger partial charge >= 0.3 is 5.91 Å². The van der Waals surface area contributed by atoms with Crippen molar-refractivity contribution < 1.29 is 18.8 Å². The highest BCUT2D eigenvalue weighted by atomic mass is 19.1. The number of halogens is 1. The zero-order chi connectivity index (χ0) is 22.2. The molecule has 2 fully saturated rings. The Balaban J connectivity index is 1.23. The summed E-state index contributed by atoms with van der Waals surface area (Å²) in [6, 6.07) is 14.3. The summed E-state index contributed by atoms with van der Waals surface area (Å²) >= 11 is 0. The van der Waals surface area contributed by atoms with Crippen molar-refractivity contribution in [1.82, 2.24) is 15.4 Å². The van der Waals surface area contributed by atoms with Gasteiger partial charge in [-0.05, 0) is 48.6 Å². The Bertz CT molecular complexity index is 901. The van der Waals surface area contributed by atoms with Crippen molar-refractivity contribution in [3.8, 4) is 0 Å². The molecule has 1 aromatic carbocycles. The number of aromatic nitrogens is 1. The maximum atomic E-state index is 14.2. The molecule has 4 rings (SSSR count). The molecule has 2 saturated heterocycles. The minimum absolute atomic E-state index is 0.314. The van der Waals surface area contributed by atoms with E-state index in [1.165, 1.54) is 11.8 Å². The lowest BCUT2D eigenvalue weighted by molar-refractivity contribution is -0.199. The summed E-state index contributed by atoms with van der Waals surface area (Å²) in [4.78, 5) is 23.8. The van der Waals surface area contributed by atoms with E-state index in [1.807, 2.05) is 6.07 Å². The smallest absolute Gasteiger partial charge is 0.303 e. The van der Waals surface area contributed by atoms with Crippen LogP contribution < -0.4 is 10.8 Å². The van der Waals surface area contributed by atoms with E-state index in [4.69, 9.17) is 9.57 Å². The molecule has 2 N–H and O–H groups in total. The third-order valence-electron chi connectivity index (χ3n) is 5.59. The molecule has 2 aliphatic heterocycles. The van der Waals surface area contributed by atoms with Gasteiger partial charge in [0.15, 0.2) is 12.1 Å². The first-order chi connectivity index (χ1) is 15.7. The number of anilines is 1. The Morgan fingerprint density at radius 1 is 1.22 bits per heavy atom. The van der Waals surface area contributed by atoms with Crippen molar-refractivity contribution in [3.05, 3.63) is 65.6 Å². The second-order valence-electron chi connectivity index (χ2n) is 8.16. The van der Waals surface area contributed by atoms with Crippen molar-refractivity contribution >= 4 is 17.8 Å². The summed E-state index contributed by atoms with van der Waals surface area (Å²) < 4.78 is 19.5. The highest BCUT2D eigenvalue weighted by Crippen LogP contribution is 2.18. The van der Waals surface area contributed by atoms with Crippen LogP contribution in [0.15, 0.2) is 54.5 Å². The van der Waals surface area contributed by atoms with Gasteiger partial charge in [-0.15, -0.1) is 0 Å². The molecule has 3 heterocycles. The van der Waals surface area contributed by atoms with Crippen LogP contribution in [0.4, 0.5) is 10.2 Å². The minimum Gasteiger partial charge on any atom is -0.366 e. The largest absolute Gasteiger partial charge is 0.366 e. The third-order valence-corrected chi connectivity index (χ3v) is 5.59. The van der Waals surface area contributed by atoms with Gasteiger partial charge in [-0.3, -0.25) is 9.69 Å². The van der Waals surface area contributed by atoms with Crippen LogP contribution >= 0.6 is 0 Å². The van der Waals surface area contributed by atoms with E-state index in [2.05, 4.69) is 44.9 Å². The number of benzene rings is 1. The number of carbonyl (C=O) groups excluding carboxylic acids is 1. The zero-order valence-electron chi connectivity index (χ0n) is 18.0. The van der Waals surface area contributed by atoms with E-state index < -0.39 is 18.0 Å². The number of pyridine rings is 1. The monoisotopic (exact) mass is 440 g/mol. The lowest BCUT2D eigenvalue weighted by Crippen LogP contribution is -2.33. The molecule has 32 heavy (non-hydrogen) atoms. The van der Waals surface area contributed by atoms with Crippen LogP contribution in [0.25, 0.3) is 6.08 Å². The number of hydrogen-bond donors (Lipinski definition) is 2. The number of nitrogens with one attached hydrogen (secondary N) is 2. The third kappa shape index (κ3) is 6.59. The van der Waals surface area contributed by atoms with E-state index >= 15 is 0 Å². The molecule has 0 bridgehead atoms. The van der Waals surface area contributed by atoms with Gasteiger partial charge in [-0.1, -0.05) is 30.3 Å². The highest BCUT2D eigenvalue weighted by Gasteiger charge is 2.22. The van der Waals surface area contributed by atoms with E-state index in [0.717, 1.165) is 50.8 Å². The Morgan fingerprint density at radius 2 is 2.09 bits per heavy atom. The van der Waals surface area contributed by atoms with Crippen LogP contribution in [0.2, 0.25) is 0 Å². The highest BCUT2D eigenvalue weighted by molar-refractivity contribution is 5.94. The van der Waals surface area contributed by atoms with Crippen molar-refractivity contribution in [3.63, 3.8) is 0 Å². The summed E-state index contributed by atoms with van der Waals surface area (Å²) in [5.74, 6) is -1.15. The number of likely N-dealkylation sites (tertiary alicyclic amines) is 1. The molecule has 0 radical (unpaired) electrons. The average molecular weight is 441 g/mol. The summed E-state index contributed by atoms with van der Waals surface area (Å²) in [7, 11) is 0. The van der Waals surface area contributed by atoms with Gasteiger partial charge in [0.05, 0.1) is 0 Å². The van der Waals surface area contributed by atoms with Crippen LogP contribution in [0, 0.1) is 0 Å². The van der Waals surface area contributed by atoms with Crippen molar-refractivity contribution in [1.29, 1.82) is 0 Å². The van der Waals surface area contributed by atoms with Gasteiger partial charge in [0.1, 0.15) is 5.82 Å². The first-order valence-corrected chi connectivity index (χ1v) is 11.1. The maximum Gasteiger partial charge on any atom is 0.303 e. The number of ether oxygens (including phenoxy) is 1. The fourth-order valence-corrected chi connectivity index (χ4v) is 3.90. The van der Waals surface area contributed by atoms with Crippen LogP contribution in [-0.4, -0.2) is 47.8 Å². The van der Waals surface area contributed by atoms with Crippen LogP contribution in [-0.2, 0) is 20.9 Å². The number of amides is 1. The Kier molecular flexibility index (Phi) is 7.82. The molecule has 1 aromatic heterocycles. The molecule has 2 aliphatic rings. The molecule has 0 aliphatic carbocycles. The second kappa shape index (κ2) is 11.2. The summed E-state index contributed by atoms with van der Waals surface area (Å²) in [5, 5.41) is 3.44. The fourth-order valence-electron chi connectivity index (χ4n) is 3.90. The van der Waals surface area contributed by atoms with Crippen molar-refractivity contribution in [2.75, 3.05) is 25.0 Å². The molecule has 1 amide bonds. The predicted molar refractivity (Wildman–Crippen MR) is 120 cm³/mol. The average Bonchev–Trinajstić information content (AvgIpc) is 3.26. The van der Waals surface area contributed by atoms with Crippen molar-refractivity contribution in [2.24, 2.45) is 0 Å². The molecule has 2 aromatic rings. The molecule has 2 atom stereocenters. The lowest BCUT2D eigenvalue weighted by atomic mass is 10.2. The molecule has 0 saturated carbocycles. The molecular formula is C24H29FN4O3. The number of nitrogens with zero attached hydrogens (tertiary/aromatic N) is 2. The Morgan fingerprint density at radius 3 is 2.84 bits per heavy atom. The molecule has 7 nitrogen and oxygen atoms in total. The van der Waals surface area contributed by atoms with E-state index in [1.54, 1.807) is 12.1 Å². The number of hydroxylamine groups is 1. The van der Waals surface area contributed by atoms with E-state index in [-0.39, 0.29) is 0 Å². The molecular weight excluding hydrogens is 411 g/mol. The lowest BCUT2D eigenvalue weighted by Gasteiger charge is -2.21. The first kappa shape index (κ1) is 22.4. The van der Waals surface area contributed by atoms with Crippen LogP contribution in [0.1, 0.15) is 36.8 Å². The number of hydrogen-bond acceptors (Lipinski definition) is 6. The molecule has 1 unspecified atom stereocenters. The maximum absolute atomic E-state index is 14.2. The van der Waals surface area contributed by atoms with Crippen molar-refractivity contribution in [2.45, 2.75) is 44.6 Å². The quantitative estimate of drug-likeness (QED) is 0.482. The normalized spacial score (nSPS) is 22.0. The van der Waals surface area contributed by atoms with E-state index in [0.29, 0.717) is 24.6 Å². The summed E-state index contributed by atoms with van der Waals surface area (Å²) in [5.41, 5.74) is 3.91.